The van der Waals surface area contributed by atoms with Crippen LogP contribution in [-0.2, 0) is 4.74 Å². The number of thiazole rings is 1. The van der Waals surface area contributed by atoms with Gasteiger partial charge < -0.3 is 4.74 Å². The van der Waals surface area contributed by atoms with Gasteiger partial charge in [-0.05, 0) is 18.8 Å². The molecule has 0 saturated heterocycles. The van der Waals surface area contributed by atoms with E-state index in [-0.39, 0.29) is 0 Å². The number of hydrogen-bond acceptors (Lipinski definition) is 3. The zero-order valence-electron chi connectivity index (χ0n) is 9.90. The molecule has 2 nitrogen and oxygen atoms in total. The minimum Gasteiger partial charge on any atom is -0.381 e. The third-order valence-electron chi connectivity index (χ3n) is 2.25. The van der Waals surface area contributed by atoms with Gasteiger partial charge in [-0.3, -0.25) is 0 Å². The number of nitrogens with zero attached hydrogens (tertiary/aromatic N) is 1. The molecule has 86 valence electrons. The molecule has 0 radical (unpaired) electrons. The predicted molar refractivity (Wildman–Crippen MR) is 65.4 cm³/mol. The van der Waals surface area contributed by atoms with E-state index in [1.54, 1.807) is 11.3 Å². The van der Waals surface area contributed by atoms with Crippen molar-refractivity contribution >= 4 is 11.3 Å². The highest BCUT2D eigenvalue weighted by atomic mass is 32.1. The van der Waals surface area contributed by atoms with Gasteiger partial charge in [0.2, 0.25) is 0 Å². The Kier molecular flexibility index (Phi) is 5.88. The summed E-state index contributed by atoms with van der Waals surface area (Å²) in [6.07, 6.45) is 4.19. The van der Waals surface area contributed by atoms with Crippen molar-refractivity contribution in [3.8, 4) is 0 Å². The fourth-order valence-corrected chi connectivity index (χ4v) is 2.14. The number of rotatable bonds is 7. The molecule has 0 bridgehead atoms. The highest BCUT2D eigenvalue weighted by molar-refractivity contribution is 7.09. The second-order valence-corrected chi connectivity index (χ2v) is 5.31. The summed E-state index contributed by atoms with van der Waals surface area (Å²) in [7, 11) is 0. The third kappa shape index (κ3) is 5.28. The van der Waals surface area contributed by atoms with Gasteiger partial charge in [0.25, 0.3) is 0 Å². The molecule has 1 aromatic rings. The summed E-state index contributed by atoms with van der Waals surface area (Å²) in [6.45, 7) is 8.36. The maximum absolute atomic E-state index is 5.55. The molecular formula is C12H21NOS. The van der Waals surface area contributed by atoms with Crippen LogP contribution in [0.15, 0.2) is 11.6 Å². The summed E-state index contributed by atoms with van der Waals surface area (Å²) in [4.78, 5) is 4.32. The highest BCUT2D eigenvalue weighted by Gasteiger charge is 2.07. The normalized spacial score (nSPS) is 13.3. The van der Waals surface area contributed by atoms with Gasteiger partial charge in [0, 0.05) is 30.7 Å². The summed E-state index contributed by atoms with van der Waals surface area (Å²) in [5.41, 5.74) is 0. The third-order valence-corrected chi connectivity index (χ3v) is 3.26. The topological polar surface area (TPSA) is 22.1 Å². The molecule has 0 N–H and O–H groups in total. The second kappa shape index (κ2) is 6.96. The van der Waals surface area contributed by atoms with E-state index in [4.69, 9.17) is 4.74 Å². The Morgan fingerprint density at radius 3 is 2.80 bits per heavy atom. The first kappa shape index (κ1) is 12.7. The lowest BCUT2D eigenvalue weighted by Gasteiger charge is -2.09. The molecule has 0 aliphatic heterocycles. The van der Waals surface area contributed by atoms with Crippen molar-refractivity contribution in [2.24, 2.45) is 5.92 Å². The maximum atomic E-state index is 5.55. The van der Waals surface area contributed by atoms with Crippen LogP contribution in [-0.4, -0.2) is 18.2 Å². The molecule has 0 spiro atoms. The lowest BCUT2D eigenvalue weighted by molar-refractivity contribution is 0.106. The van der Waals surface area contributed by atoms with Crippen molar-refractivity contribution in [3.05, 3.63) is 16.6 Å². The van der Waals surface area contributed by atoms with E-state index in [0.717, 1.165) is 19.6 Å². The first-order chi connectivity index (χ1) is 7.20. The number of ether oxygens (including phenoxy) is 1. The van der Waals surface area contributed by atoms with Gasteiger partial charge in [-0.15, -0.1) is 11.3 Å². The second-order valence-electron chi connectivity index (χ2n) is 4.38. The largest absolute Gasteiger partial charge is 0.381 e. The van der Waals surface area contributed by atoms with Crippen LogP contribution < -0.4 is 0 Å². The molecule has 1 heterocycles. The Bertz CT molecular complexity index is 246. The van der Waals surface area contributed by atoms with Gasteiger partial charge in [0.05, 0.1) is 5.01 Å². The zero-order chi connectivity index (χ0) is 11.1. The molecule has 0 aromatic carbocycles. The van der Waals surface area contributed by atoms with Crippen molar-refractivity contribution in [3.63, 3.8) is 0 Å². The average Bonchev–Trinajstić information content (AvgIpc) is 2.69. The van der Waals surface area contributed by atoms with E-state index in [1.807, 2.05) is 11.6 Å². The van der Waals surface area contributed by atoms with Crippen molar-refractivity contribution in [2.75, 3.05) is 13.2 Å². The molecule has 3 heteroatoms. The Labute approximate surface area is 96.7 Å². The number of hydrogen-bond donors (Lipinski definition) is 0. The van der Waals surface area contributed by atoms with Gasteiger partial charge in [0.1, 0.15) is 0 Å². The Morgan fingerprint density at radius 1 is 1.40 bits per heavy atom. The minimum atomic E-state index is 0.577. The summed E-state index contributed by atoms with van der Waals surface area (Å²) in [6, 6.07) is 0. The van der Waals surface area contributed by atoms with Crippen molar-refractivity contribution in [2.45, 2.75) is 39.5 Å². The van der Waals surface area contributed by atoms with Gasteiger partial charge in [-0.25, -0.2) is 4.98 Å². The van der Waals surface area contributed by atoms with Crippen LogP contribution in [0.3, 0.4) is 0 Å². The molecule has 1 rings (SSSR count). The van der Waals surface area contributed by atoms with Crippen molar-refractivity contribution in [1.29, 1.82) is 0 Å². The standard InChI is InChI=1S/C12H21NOS/c1-10(2)9-14-7-4-5-11(3)12-13-6-8-15-12/h6,8,10-11H,4-5,7,9H2,1-3H3. The van der Waals surface area contributed by atoms with E-state index >= 15 is 0 Å². The van der Waals surface area contributed by atoms with Crippen LogP contribution >= 0.6 is 11.3 Å². The van der Waals surface area contributed by atoms with Crippen LogP contribution in [0.2, 0.25) is 0 Å². The van der Waals surface area contributed by atoms with Crippen LogP contribution in [0, 0.1) is 5.92 Å². The molecule has 0 aliphatic carbocycles. The van der Waals surface area contributed by atoms with E-state index in [1.165, 1.54) is 11.4 Å². The zero-order valence-corrected chi connectivity index (χ0v) is 10.7. The Hall–Kier alpha value is -0.410. The smallest absolute Gasteiger partial charge is 0.0953 e. The number of aromatic nitrogens is 1. The highest BCUT2D eigenvalue weighted by Crippen LogP contribution is 2.22. The minimum absolute atomic E-state index is 0.577. The van der Waals surface area contributed by atoms with Crippen LogP contribution in [0.25, 0.3) is 0 Å². The van der Waals surface area contributed by atoms with Crippen LogP contribution in [0.4, 0.5) is 0 Å². The van der Waals surface area contributed by atoms with Crippen LogP contribution in [0.1, 0.15) is 44.5 Å². The summed E-state index contributed by atoms with van der Waals surface area (Å²) in [5, 5.41) is 3.29. The van der Waals surface area contributed by atoms with E-state index in [9.17, 15) is 0 Å². The van der Waals surface area contributed by atoms with Gasteiger partial charge in [0.15, 0.2) is 0 Å². The molecule has 0 fully saturated rings. The van der Waals surface area contributed by atoms with E-state index in [2.05, 4.69) is 25.8 Å². The lowest BCUT2D eigenvalue weighted by Crippen LogP contribution is -2.04. The molecule has 0 aliphatic rings. The quantitative estimate of drug-likeness (QED) is 0.663. The molecular weight excluding hydrogens is 206 g/mol. The first-order valence-corrected chi connectivity index (χ1v) is 6.55. The molecule has 1 aromatic heterocycles. The molecule has 0 saturated carbocycles. The van der Waals surface area contributed by atoms with Crippen molar-refractivity contribution in [1.82, 2.24) is 4.98 Å². The first-order valence-electron chi connectivity index (χ1n) is 5.67. The van der Waals surface area contributed by atoms with Gasteiger partial charge in [-0.1, -0.05) is 20.8 Å². The van der Waals surface area contributed by atoms with E-state index in [0.29, 0.717) is 11.8 Å². The molecule has 15 heavy (non-hydrogen) atoms. The summed E-state index contributed by atoms with van der Waals surface area (Å²) >= 11 is 1.75. The van der Waals surface area contributed by atoms with Crippen molar-refractivity contribution < 1.29 is 4.74 Å². The fraction of sp³-hybridized carbons (Fsp3) is 0.750. The molecule has 0 amide bonds. The molecule has 1 unspecified atom stereocenters. The van der Waals surface area contributed by atoms with Gasteiger partial charge >= 0.3 is 0 Å². The Balaban J connectivity index is 2.05. The average molecular weight is 227 g/mol. The molecule has 1 atom stereocenters. The SMILES string of the molecule is CC(C)COCCCC(C)c1nccs1. The fourth-order valence-electron chi connectivity index (χ4n) is 1.41. The van der Waals surface area contributed by atoms with Gasteiger partial charge in [-0.2, -0.15) is 0 Å². The maximum Gasteiger partial charge on any atom is 0.0953 e. The van der Waals surface area contributed by atoms with E-state index < -0.39 is 0 Å². The predicted octanol–water partition coefficient (Wildman–Crippen LogP) is 3.70. The summed E-state index contributed by atoms with van der Waals surface area (Å²) < 4.78 is 5.55. The Morgan fingerprint density at radius 2 is 2.20 bits per heavy atom. The van der Waals surface area contributed by atoms with Crippen LogP contribution in [0.5, 0.6) is 0 Å². The monoisotopic (exact) mass is 227 g/mol. The summed E-state index contributed by atoms with van der Waals surface area (Å²) in [5.74, 6) is 1.22. The lowest BCUT2D eigenvalue weighted by atomic mass is 10.1.